The van der Waals surface area contributed by atoms with Gasteiger partial charge in [-0.15, -0.1) is 0 Å². The molecule has 1 fully saturated rings. The highest BCUT2D eigenvalue weighted by atomic mass is 19.1. The summed E-state index contributed by atoms with van der Waals surface area (Å²) in [6, 6.07) is 13.9. The van der Waals surface area contributed by atoms with Crippen molar-refractivity contribution in [3.8, 4) is 5.69 Å². The summed E-state index contributed by atoms with van der Waals surface area (Å²) in [6.07, 6.45) is 0. The SMILES string of the molecule is O=C(NCC(c1cccc(F)c1)N1CCOCC1)c1ccc(=O)n(-c2ccc(F)cc2)n1. The molecule has 3 aromatic rings. The Morgan fingerprint density at radius 3 is 2.50 bits per heavy atom. The number of benzene rings is 2. The Kier molecular flexibility index (Phi) is 6.67. The fraction of sp³-hybridized carbons (Fsp3) is 0.261. The number of hydrogen-bond donors (Lipinski definition) is 1. The molecule has 1 aromatic heterocycles. The molecule has 9 heteroatoms. The Morgan fingerprint density at radius 2 is 1.78 bits per heavy atom. The number of nitrogens with one attached hydrogen (secondary N) is 1. The molecular weight excluding hydrogens is 418 g/mol. The average Bonchev–Trinajstić information content (AvgIpc) is 2.81. The van der Waals surface area contributed by atoms with Crippen LogP contribution in [-0.4, -0.2) is 53.4 Å². The summed E-state index contributed by atoms with van der Waals surface area (Å²) in [6.45, 7) is 2.66. The number of ether oxygens (including phenoxy) is 1. The molecule has 7 nitrogen and oxygen atoms in total. The van der Waals surface area contributed by atoms with Crippen LogP contribution in [-0.2, 0) is 4.74 Å². The monoisotopic (exact) mass is 440 g/mol. The van der Waals surface area contributed by atoms with E-state index >= 15 is 0 Å². The largest absolute Gasteiger partial charge is 0.379 e. The van der Waals surface area contributed by atoms with E-state index in [1.807, 2.05) is 6.07 Å². The molecule has 1 aliphatic rings. The van der Waals surface area contributed by atoms with E-state index in [9.17, 15) is 18.4 Å². The fourth-order valence-electron chi connectivity index (χ4n) is 3.64. The number of halogens is 2. The molecule has 1 N–H and O–H groups in total. The highest BCUT2D eigenvalue weighted by Gasteiger charge is 2.24. The van der Waals surface area contributed by atoms with Crippen molar-refractivity contribution < 1.29 is 18.3 Å². The quantitative estimate of drug-likeness (QED) is 0.637. The van der Waals surface area contributed by atoms with Crippen molar-refractivity contribution >= 4 is 5.91 Å². The van der Waals surface area contributed by atoms with Gasteiger partial charge in [-0.1, -0.05) is 12.1 Å². The summed E-state index contributed by atoms with van der Waals surface area (Å²) in [7, 11) is 0. The summed E-state index contributed by atoms with van der Waals surface area (Å²) >= 11 is 0. The molecule has 2 heterocycles. The second-order valence-electron chi connectivity index (χ2n) is 7.37. The van der Waals surface area contributed by atoms with Crippen LogP contribution in [0.4, 0.5) is 8.78 Å². The summed E-state index contributed by atoms with van der Waals surface area (Å²) in [5.41, 5.74) is 0.682. The van der Waals surface area contributed by atoms with Gasteiger partial charge in [0.2, 0.25) is 0 Å². The lowest BCUT2D eigenvalue weighted by atomic mass is 10.0. The number of rotatable bonds is 6. The number of hydrogen-bond acceptors (Lipinski definition) is 5. The van der Waals surface area contributed by atoms with Gasteiger partial charge in [-0.25, -0.2) is 8.78 Å². The van der Waals surface area contributed by atoms with Gasteiger partial charge in [0.05, 0.1) is 24.9 Å². The van der Waals surface area contributed by atoms with Gasteiger partial charge in [0, 0.05) is 25.7 Å². The molecule has 4 rings (SSSR count). The van der Waals surface area contributed by atoms with E-state index in [2.05, 4.69) is 15.3 Å². The molecule has 32 heavy (non-hydrogen) atoms. The van der Waals surface area contributed by atoms with Crippen LogP contribution < -0.4 is 10.9 Å². The summed E-state index contributed by atoms with van der Waals surface area (Å²) < 4.78 is 33.5. The first-order chi connectivity index (χ1) is 15.5. The number of carbonyl (C=O) groups excluding carboxylic acids is 1. The minimum atomic E-state index is -0.476. The number of morpholine rings is 1. The van der Waals surface area contributed by atoms with Crippen LogP contribution in [0.1, 0.15) is 22.1 Å². The van der Waals surface area contributed by atoms with Gasteiger partial charge < -0.3 is 10.1 Å². The Morgan fingerprint density at radius 1 is 1.03 bits per heavy atom. The molecule has 1 atom stereocenters. The lowest BCUT2D eigenvalue weighted by molar-refractivity contribution is 0.0161. The molecule has 0 bridgehead atoms. The summed E-state index contributed by atoms with van der Waals surface area (Å²) in [5, 5.41) is 6.97. The zero-order valence-corrected chi connectivity index (χ0v) is 17.2. The first-order valence-corrected chi connectivity index (χ1v) is 10.2. The number of amides is 1. The van der Waals surface area contributed by atoms with Gasteiger partial charge in [0.1, 0.15) is 17.3 Å². The maximum atomic E-state index is 13.8. The van der Waals surface area contributed by atoms with E-state index < -0.39 is 17.3 Å². The Balaban J connectivity index is 1.53. The minimum absolute atomic E-state index is 0.0360. The Hall–Kier alpha value is -3.43. The third-order valence-corrected chi connectivity index (χ3v) is 5.28. The van der Waals surface area contributed by atoms with E-state index in [4.69, 9.17) is 4.74 Å². The standard InChI is InChI=1S/C23H22F2N4O3/c24-17-4-6-19(7-5-17)29-22(30)9-8-20(27-29)23(31)26-15-21(28-10-12-32-13-11-28)16-2-1-3-18(25)14-16/h1-9,14,21H,10-13,15H2,(H,26,31). The second-order valence-corrected chi connectivity index (χ2v) is 7.37. The average molecular weight is 440 g/mol. The van der Waals surface area contributed by atoms with Crippen molar-refractivity contribution in [2.45, 2.75) is 6.04 Å². The summed E-state index contributed by atoms with van der Waals surface area (Å²) in [4.78, 5) is 27.1. The zero-order chi connectivity index (χ0) is 22.5. The third-order valence-electron chi connectivity index (χ3n) is 5.28. The minimum Gasteiger partial charge on any atom is -0.379 e. The number of nitrogens with zero attached hydrogens (tertiary/aromatic N) is 3. The molecule has 2 aromatic carbocycles. The van der Waals surface area contributed by atoms with Crippen LogP contribution >= 0.6 is 0 Å². The first-order valence-electron chi connectivity index (χ1n) is 10.2. The maximum Gasteiger partial charge on any atom is 0.271 e. The van der Waals surface area contributed by atoms with Crippen LogP contribution in [0.2, 0.25) is 0 Å². The Bertz CT molecular complexity index is 1140. The smallest absolute Gasteiger partial charge is 0.271 e. The lowest BCUT2D eigenvalue weighted by Crippen LogP contribution is -2.44. The predicted molar refractivity (Wildman–Crippen MR) is 114 cm³/mol. The maximum absolute atomic E-state index is 13.8. The first kappa shape index (κ1) is 21.8. The Labute approximate surface area is 183 Å². The van der Waals surface area contributed by atoms with Crippen molar-refractivity contribution in [2.24, 2.45) is 0 Å². The van der Waals surface area contributed by atoms with E-state index in [-0.39, 0.29) is 24.1 Å². The summed E-state index contributed by atoms with van der Waals surface area (Å²) in [5.74, 6) is -1.27. The van der Waals surface area contributed by atoms with Crippen LogP contribution in [0.15, 0.2) is 65.5 Å². The molecule has 0 radical (unpaired) electrons. The topological polar surface area (TPSA) is 76.5 Å². The van der Waals surface area contributed by atoms with E-state index in [1.165, 1.54) is 48.5 Å². The molecule has 1 amide bonds. The molecular formula is C23H22F2N4O3. The van der Waals surface area contributed by atoms with Crippen molar-refractivity contribution in [2.75, 3.05) is 32.8 Å². The van der Waals surface area contributed by atoms with E-state index in [1.54, 1.807) is 6.07 Å². The van der Waals surface area contributed by atoms with Crippen LogP contribution in [0.3, 0.4) is 0 Å². The fourth-order valence-corrected chi connectivity index (χ4v) is 3.64. The third kappa shape index (κ3) is 5.06. The van der Waals surface area contributed by atoms with Gasteiger partial charge in [-0.05, 0) is 48.0 Å². The van der Waals surface area contributed by atoms with E-state index in [0.29, 0.717) is 32.0 Å². The van der Waals surface area contributed by atoms with Crippen molar-refractivity contribution in [1.29, 1.82) is 0 Å². The van der Waals surface area contributed by atoms with Crippen LogP contribution in [0.25, 0.3) is 5.69 Å². The number of carbonyl (C=O) groups is 1. The molecule has 0 aliphatic carbocycles. The van der Waals surface area contributed by atoms with Gasteiger partial charge >= 0.3 is 0 Å². The second kappa shape index (κ2) is 9.80. The van der Waals surface area contributed by atoms with Crippen molar-refractivity contribution in [1.82, 2.24) is 20.0 Å². The predicted octanol–water partition coefficient (Wildman–Crippen LogP) is 2.31. The molecule has 1 unspecified atom stereocenters. The molecule has 166 valence electrons. The van der Waals surface area contributed by atoms with Crippen molar-refractivity contribution in [3.05, 3.63) is 93.9 Å². The molecule has 0 spiro atoms. The molecule has 1 saturated heterocycles. The normalized spacial score (nSPS) is 15.3. The van der Waals surface area contributed by atoms with Gasteiger partial charge in [-0.3, -0.25) is 14.5 Å². The van der Waals surface area contributed by atoms with Gasteiger partial charge in [-0.2, -0.15) is 9.78 Å². The van der Waals surface area contributed by atoms with Crippen LogP contribution in [0.5, 0.6) is 0 Å². The zero-order valence-electron chi connectivity index (χ0n) is 17.2. The van der Waals surface area contributed by atoms with Gasteiger partial charge in [0.15, 0.2) is 0 Å². The molecule has 1 aliphatic heterocycles. The molecule has 0 saturated carbocycles. The van der Waals surface area contributed by atoms with E-state index in [0.717, 1.165) is 10.2 Å². The lowest BCUT2D eigenvalue weighted by Gasteiger charge is -2.34. The highest BCUT2D eigenvalue weighted by Crippen LogP contribution is 2.22. The van der Waals surface area contributed by atoms with Crippen LogP contribution in [0, 0.1) is 11.6 Å². The number of aromatic nitrogens is 2. The highest BCUT2D eigenvalue weighted by molar-refractivity contribution is 5.92. The van der Waals surface area contributed by atoms with Crippen molar-refractivity contribution in [3.63, 3.8) is 0 Å². The van der Waals surface area contributed by atoms with Gasteiger partial charge in [0.25, 0.3) is 11.5 Å².